The number of hydrogen-bond donors (Lipinski definition) is 1. The third-order valence-corrected chi connectivity index (χ3v) is 1.19. The van der Waals surface area contributed by atoms with Crippen molar-refractivity contribution in [3.63, 3.8) is 0 Å². The first-order chi connectivity index (χ1) is 4.70. The summed E-state index contributed by atoms with van der Waals surface area (Å²) in [6.07, 6.45) is 5.36. The van der Waals surface area contributed by atoms with Gasteiger partial charge >= 0.3 is 0 Å². The molecule has 0 aromatic carbocycles. The molecule has 0 aliphatic rings. The lowest BCUT2D eigenvalue weighted by Crippen LogP contribution is -1.99. The van der Waals surface area contributed by atoms with Crippen molar-refractivity contribution in [1.82, 2.24) is 0 Å². The van der Waals surface area contributed by atoms with E-state index in [0.29, 0.717) is 6.42 Å². The molecule has 0 saturated heterocycles. The number of allylic oxidation sites excluding steroid dienone is 2. The molecule has 10 heavy (non-hydrogen) atoms. The molecule has 1 N–H and O–H groups in total. The van der Waals surface area contributed by atoms with Crippen molar-refractivity contribution in [1.29, 1.82) is 0 Å². The van der Waals surface area contributed by atoms with Crippen molar-refractivity contribution in [3.8, 4) is 0 Å². The summed E-state index contributed by atoms with van der Waals surface area (Å²) in [7, 11) is 0. The molecule has 0 bridgehead atoms. The molecule has 0 aliphatic carbocycles. The summed E-state index contributed by atoms with van der Waals surface area (Å²) in [5.41, 5.74) is 0.995. The van der Waals surface area contributed by atoms with Crippen LogP contribution in [0.15, 0.2) is 37.0 Å². The molecule has 0 aromatic heterocycles. The Hall–Kier alpha value is -0.820. The second-order valence-electron chi connectivity index (χ2n) is 2.21. The highest BCUT2D eigenvalue weighted by molar-refractivity contribution is 5.14. The predicted octanol–water partition coefficient (Wildman–Crippen LogP) is 2.06. The van der Waals surface area contributed by atoms with Crippen molar-refractivity contribution in [3.05, 3.63) is 37.0 Å². The van der Waals surface area contributed by atoms with Gasteiger partial charge in [0.25, 0.3) is 0 Å². The van der Waals surface area contributed by atoms with Gasteiger partial charge in [0.1, 0.15) is 0 Å². The van der Waals surface area contributed by atoms with E-state index >= 15 is 0 Å². The molecule has 0 aromatic rings. The topological polar surface area (TPSA) is 20.2 Å². The zero-order valence-corrected chi connectivity index (χ0v) is 6.38. The van der Waals surface area contributed by atoms with E-state index in [1.54, 1.807) is 18.2 Å². The third-order valence-electron chi connectivity index (χ3n) is 1.19. The SMILES string of the molecule is C=CCC(O)/C=C(/C)C=C. The average Bonchev–Trinajstić information content (AvgIpc) is 1.88. The summed E-state index contributed by atoms with van der Waals surface area (Å²) in [4.78, 5) is 0. The zero-order chi connectivity index (χ0) is 7.98. The molecule has 1 heteroatoms. The van der Waals surface area contributed by atoms with Crippen molar-refractivity contribution in [2.75, 3.05) is 0 Å². The Labute approximate surface area is 62.4 Å². The summed E-state index contributed by atoms with van der Waals surface area (Å²) in [6, 6.07) is 0. The highest BCUT2D eigenvalue weighted by Crippen LogP contribution is 2.00. The Morgan fingerprint density at radius 2 is 2.20 bits per heavy atom. The lowest BCUT2D eigenvalue weighted by molar-refractivity contribution is 0.226. The second kappa shape index (κ2) is 5.00. The second-order valence-corrected chi connectivity index (χ2v) is 2.21. The van der Waals surface area contributed by atoms with E-state index in [2.05, 4.69) is 13.2 Å². The first-order valence-corrected chi connectivity index (χ1v) is 3.30. The van der Waals surface area contributed by atoms with Gasteiger partial charge in [-0.1, -0.05) is 30.4 Å². The van der Waals surface area contributed by atoms with Crippen LogP contribution in [-0.2, 0) is 0 Å². The van der Waals surface area contributed by atoms with Gasteiger partial charge in [-0.25, -0.2) is 0 Å². The molecular formula is C9H14O. The summed E-state index contributed by atoms with van der Waals surface area (Å²) in [5.74, 6) is 0. The monoisotopic (exact) mass is 138 g/mol. The lowest BCUT2D eigenvalue weighted by atomic mass is 10.2. The van der Waals surface area contributed by atoms with Gasteiger partial charge in [0.2, 0.25) is 0 Å². The highest BCUT2D eigenvalue weighted by Gasteiger charge is 1.94. The Kier molecular flexibility index (Phi) is 4.59. The van der Waals surface area contributed by atoms with Crippen LogP contribution in [0.4, 0.5) is 0 Å². The zero-order valence-electron chi connectivity index (χ0n) is 6.38. The Morgan fingerprint density at radius 3 is 2.60 bits per heavy atom. The van der Waals surface area contributed by atoms with Crippen LogP contribution in [0.2, 0.25) is 0 Å². The van der Waals surface area contributed by atoms with Crippen molar-refractivity contribution >= 4 is 0 Å². The maximum Gasteiger partial charge on any atom is 0.0760 e. The van der Waals surface area contributed by atoms with Crippen molar-refractivity contribution < 1.29 is 5.11 Å². The van der Waals surface area contributed by atoms with Crippen molar-refractivity contribution in [2.24, 2.45) is 0 Å². The minimum absolute atomic E-state index is 0.407. The molecule has 1 unspecified atom stereocenters. The molecule has 0 amide bonds. The van der Waals surface area contributed by atoms with E-state index < -0.39 is 6.10 Å². The van der Waals surface area contributed by atoms with E-state index in [9.17, 15) is 0 Å². The lowest BCUT2D eigenvalue weighted by Gasteiger charge is -2.00. The molecule has 0 saturated carbocycles. The fourth-order valence-corrected chi connectivity index (χ4v) is 0.610. The molecular weight excluding hydrogens is 124 g/mol. The number of hydrogen-bond acceptors (Lipinski definition) is 1. The minimum Gasteiger partial charge on any atom is -0.389 e. The van der Waals surface area contributed by atoms with Gasteiger partial charge < -0.3 is 5.11 Å². The molecule has 0 aliphatic heterocycles. The fraction of sp³-hybridized carbons (Fsp3) is 0.333. The first-order valence-electron chi connectivity index (χ1n) is 3.30. The third kappa shape index (κ3) is 4.10. The van der Waals surface area contributed by atoms with Gasteiger partial charge in [-0.15, -0.1) is 6.58 Å². The van der Waals surface area contributed by atoms with Gasteiger partial charge in [-0.05, 0) is 13.3 Å². The van der Waals surface area contributed by atoms with Crippen LogP contribution in [0.1, 0.15) is 13.3 Å². The summed E-state index contributed by atoms with van der Waals surface area (Å²) in [6.45, 7) is 8.99. The van der Waals surface area contributed by atoms with Gasteiger partial charge in [-0.2, -0.15) is 0 Å². The van der Waals surface area contributed by atoms with Crippen LogP contribution in [-0.4, -0.2) is 11.2 Å². The summed E-state index contributed by atoms with van der Waals surface area (Å²) < 4.78 is 0. The van der Waals surface area contributed by atoms with Crippen molar-refractivity contribution in [2.45, 2.75) is 19.4 Å². The molecule has 1 nitrogen and oxygen atoms in total. The maximum atomic E-state index is 9.16. The normalized spacial score (nSPS) is 14.4. The van der Waals surface area contributed by atoms with E-state index in [0.717, 1.165) is 5.57 Å². The molecule has 0 rings (SSSR count). The highest BCUT2D eigenvalue weighted by atomic mass is 16.3. The van der Waals surface area contributed by atoms with Crippen LogP contribution in [0.25, 0.3) is 0 Å². The van der Waals surface area contributed by atoms with E-state index in [1.165, 1.54) is 0 Å². The average molecular weight is 138 g/mol. The van der Waals surface area contributed by atoms with Gasteiger partial charge in [0.15, 0.2) is 0 Å². The van der Waals surface area contributed by atoms with E-state index in [1.807, 2.05) is 6.92 Å². The van der Waals surface area contributed by atoms with E-state index in [4.69, 9.17) is 5.11 Å². The number of rotatable bonds is 4. The van der Waals surface area contributed by atoms with Gasteiger partial charge in [0.05, 0.1) is 6.10 Å². The smallest absolute Gasteiger partial charge is 0.0760 e. The summed E-state index contributed by atoms with van der Waals surface area (Å²) >= 11 is 0. The summed E-state index contributed by atoms with van der Waals surface area (Å²) in [5, 5.41) is 9.16. The largest absolute Gasteiger partial charge is 0.389 e. The molecule has 0 spiro atoms. The number of aliphatic hydroxyl groups excluding tert-OH is 1. The number of aliphatic hydroxyl groups is 1. The van der Waals surface area contributed by atoms with Crippen LogP contribution in [0.3, 0.4) is 0 Å². The molecule has 56 valence electrons. The molecule has 1 atom stereocenters. The van der Waals surface area contributed by atoms with Gasteiger partial charge in [-0.3, -0.25) is 0 Å². The fourth-order valence-electron chi connectivity index (χ4n) is 0.610. The van der Waals surface area contributed by atoms with Gasteiger partial charge in [0, 0.05) is 0 Å². The van der Waals surface area contributed by atoms with Crippen LogP contribution < -0.4 is 0 Å². The Morgan fingerprint density at radius 1 is 1.60 bits per heavy atom. The molecule has 0 radical (unpaired) electrons. The Bertz CT molecular complexity index is 145. The minimum atomic E-state index is -0.407. The predicted molar refractivity (Wildman–Crippen MR) is 44.8 cm³/mol. The van der Waals surface area contributed by atoms with Crippen LogP contribution in [0, 0.1) is 0 Å². The first kappa shape index (κ1) is 9.18. The van der Waals surface area contributed by atoms with Crippen LogP contribution in [0.5, 0.6) is 0 Å². The van der Waals surface area contributed by atoms with E-state index in [-0.39, 0.29) is 0 Å². The maximum absolute atomic E-state index is 9.16. The Balaban J connectivity index is 3.84. The quantitative estimate of drug-likeness (QED) is 0.465. The molecule has 0 heterocycles. The standard InChI is InChI=1S/C9H14O/c1-4-6-9(10)7-8(3)5-2/h4-5,7,9-10H,1-2,6H2,3H3/b8-7-. The molecule has 0 fully saturated rings. The van der Waals surface area contributed by atoms with Crippen LogP contribution >= 0.6 is 0 Å².